The fourth-order valence-electron chi connectivity index (χ4n) is 4.83. The first-order chi connectivity index (χ1) is 11.4. The Morgan fingerprint density at radius 3 is 2.79 bits per heavy atom. The quantitative estimate of drug-likeness (QED) is 0.468. The highest BCUT2D eigenvalue weighted by Gasteiger charge is 2.51. The summed E-state index contributed by atoms with van der Waals surface area (Å²) >= 11 is 6.89. The first-order valence-corrected chi connectivity index (χ1v) is 9.04. The number of quaternary nitrogens is 1. The van der Waals surface area contributed by atoms with E-state index in [1.807, 2.05) is 6.08 Å². The lowest BCUT2D eigenvalue weighted by molar-refractivity contribution is -0.632. The number of aromatic nitrogens is 1. The molecule has 1 aromatic heterocycles. The van der Waals surface area contributed by atoms with Crippen LogP contribution in [0.3, 0.4) is 0 Å². The van der Waals surface area contributed by atoms with Crippen LogP contribution in [0.5, 0.6) is 0 Å². The van der Waals surface area contributed by atoms with Crippen LogP contribution in [0.4, 0.5) is 0 Å². The summed E-state index contributed by atoms with van der Waals surface area (Å²) in [4.78, 5) is 3.46. The third-order valence-electron chi connectivity index (χ3n) is 6.46. The minimum absolute atomic E-state index is 0.0238. The number of nitrogens with one attached hydrogen (secondary N) is 1. The van der Waals surface area contributed by atoms with Gasteiger partial charge in [-0.2, -0.15) is 7.05 Å². The number of hydrogen-bond acceptors (Lipinski definition) is 0. The smallest absolute Gasteiger partial charge is 0.0987 e. The third kappa shape index (κ3) is 1.76. The average molecular weight is 341 g/mol. The molecule has 2 aliphatic carbocycles. The van der Waals surface area contributed by atoms with E-state index in [0.717, 1.165) is 6.42 Å². The molecule has 0 saturated heterocycles. The maximum Gasteiger partial charge on any atom is 0.0987 e. The molecule has 0 spiro atoms. The summed E-state index contributed by atoms with van der Waals surface area (Å²) in [5, 5.41) is 3.44. The first kappa shape index (κ1) is 16.0. The Balaban J connectivity index is 2.09. The molecule has 0 saturated carbocycles. The van der Waals surface area contributed by atoms with Crippen LogP contribution >= 0.6 is 11.6 Å². The van der Waals surface area contributed by atoms with Crippen molar-refractivity contribution < 1.29 is 5.32 Å². The second-order valence-electron chi connectivity index (χ2n) is 7.90. The van der Waals surface area contributed by atoms with Gasteiger partial charge in [0.05, 0.1) is 16.8 Å². The molecular weight excluding hydrogens is 316 g/mol. The Hall–Kier alpha value is -1.51. The van der Waals surface area contributed by atoms with Gasteiger partial charge in [-0.1, -0.05) is 32.1 Å². The predicted octanol–water partition coefficient (Wildman–Crippen LogP) is 4.14. The zero-order chi connectivity index (χ0) is 17.3. The highest BCUT2D eigenvalue weighted by Crippen LogP contribution is 2.55. The zero-order valence-electron chi connectivity index (χ0n) is 14.6. The van der Waals surface area contributed by atoms with Crippen molar-refractivity contribution in [1.29, 1.82) is 0 Å². The topological polar surface area (TPSA) is 32.4 Å². The van der Waals surface area contributed by atoms with E-state index in [2.05, 4.69) is 69.1 Å². The van der Waals surface area contributed by atoms with Gasteiger partial charge >= 0.3 is 0 Å². The number of allylic oxidation sites excluding steroid dienone is 1. The van der Waals surface area contributed by atoms with Crippen molar-refractivity contribution in [3.63, 3.8) is 0 Å². The second kappa shape index (κ2) is 5.00. The summed E-state index contributed by atoms with van der Waals surface area (Å²) < 4.78 is 0. The maximum absolute atomic E-state index is 6.89. The SMILES string of the molecule is C=CC1(C)C(Cl)CC2=C(c3c[nH]c4cccc(c34)C2(C)C)C1[NH2+][CH2-]. The van der Waals surface area contributed by atoms with Crippen LogP contribution in [0.15, 0.2) is 42.6 Å². The van der Waals surface area contributed by atoms with E-state index in [0.29, 0.717) is 0 Å². The molecular formula is C21H25ClN2. The predicted molar refractivity (Wildman–Crippen MR) is 102 cm³/mol. The fraction of sp³-hybridized carbons (Fsp3) is 0.381. The minimum atomic E-state index is -0.186. The van der Waals surface area contributed by atoms with E-state index in [1.165, 1.54) is 33.2 Å². The van der Waals surface area contributed by atoms with Gasteiger partial charge in [-0.3, -0.25) is 0 Å². The number of rotatable bonds is 2. The lowest BCUT2D eigenvalue weighted by Gasteiger charge is -2.49. The van der Waals surface area contributed by atoms with Gasteiger partial charge in [0.1, 0.15) is 0 Å². The van der Waals surface area contributed by atoms with E-state index in [-0.39, 0.29) is 22.2 Å². The van der Waals surface area contributed by atoms with Crippen LogP contribution in [0.25, 0.3) is 16.5 Å². The highest BCUT2D eigenvalue weighted by atomic mass is 35.5. The number of hydrogen-bond donors (Lipinski definition) is 2. The molecule has 3 atom stereocenters. The van der Waals surface area contributed by atoms with Crippen LogP contribution in [-0.2, 0) is 5.41 Å². The molecule has 0 aliphatic heterocycles. The summed E-state index contributed by atoms with van der Waals surface area (Å²) in [5.74, 6) is 0. The molecule has 3 N–H and O–H groups in total. The Morgan fingerprint density at radius 1 is 1.38 bits per heavy atom. The van der Waals surface area contributed by atoms with Crippen molar-refractivity contribution in [1.82, 2.24) is 4.98 Å². The molecule has 3 heteroatoms. The molecule has 2 aliphatic rings. The first-order valence-electron chi connectivity index (χ1n) is 8.61. The van der Waals surface area contributed by atoms with Gasteiger partial charge in [-0.05, 0) is 30.5 Å². The van der Waals surface area contributed by atoms with Crippen LogP contribution in [0, 0.1) is 12.5 Å². The normalized spacial score (nSPS) is 31.2. The van der Waals surface area contributed by atoms with Crippen LogP contribution < -0.4 is 5.32 Å². The zero-order valence-corrected chi connectivity index (χ0v) is 15.4. The van der Waals surface area contributed by atoms with Gasteiger partial charge in [0, 0.05) is 33.7 Å². The molecule has 2 aromatic rings. The summed E-state index contributed by atoms with van der Waals surface area (Å²) in [6.07, 6.45) is 5.07. The molecule has 0 fully saturated rings. The Bertz CT molecular complexity index is 873. The monoisotopic (exact) mass is 340 g/mol. The molecule has 2 nitrogen and oxygen atoms in total. The van der Waals surface area contributed by atoms with Crippen molar-refractivity contribution in [2.75, 3.05) is 0 Å². The Kier molecular flexibility index (Phi) is 3.33. The van der Waals surface area contributed by atoms with E-state index < -0.39 is 0 Å². The van der Waals surface area contributed by atoms with Crippen molar-refractivity contribution in [3.8, 4) is 0 Å². The van der Waals surface area contributed by atoms with Gasteiger partial charge in [-0.15, -0.1) is 18.2 Å². The van der Waals surface area contributed by atoms with Gasteiger partial charge in [0.15, 0.2) is 0 Å². The molecule has 3 unspecified atom stereocenters. The van der Waals surface area contributed by atoms with Gasteiger partial charge in [-0.25, -0.2) is 0 Å². The summed E-state index contributed by atoms with van der Waals surface area (Å²) in [6.45, 7) is 11.0. The van der Waals surface area contributed by atoms with Crippen molar-refractivity contribution in [2.24, 2.45) is 5.41 Å². The lowest BCUT2D eigenvalue weighted by Crippen LogP contribution is -2.88. The van der Waals surface area contributed by atoms with Crippen LogP contribution in [-0.4, -0.2) is 16.4 Å². The van der Waals surface area contributed by atoms with Crippen LogP contribution in [0.2, 0.25) is 0 Å². The van der Waals surface area contributed by atoms with Gasteiger partial charge in [0.25, 0.3) is 0 Å². The number of alkyl halides is 1. The van der Waals surface area contributed by atoms with E-state index in [4.69, 9.17) is 11.6 Å². The molecule has 0 bridgehead atoms. The van der Waals surface area contributed by atoms with Gasteiger partial charge < -0.3 is 10.3 Å². The minimum Gasteiger partial charge on any atom is -0.472 e. The summed E-state index contributed by atoms with van der Waals surface area (Å²) in [6, 6.07) is 6.74. The maximum atomic E-state index is 6.89. The summed E-state index contributed by atoms with van der Waals surface area (Å²) in [7, 11) is 4.15. The largest absolute Gasteiger partial charge is 0.472 e. The molecule has 1 aromatic carbocycles. The number of fused-ring (bicyclic) bond motifs is 1. The number of halogens is 1. The molecule has 1 heterocycles. The Labute approximate surface area is 149 Å². The van der Waals surface area contributed by atoms with Gasteiger partial charge in [0.2, 0.25) is 0 Å². The van der Waals surface area contributed by atoms with Crippen molar-refractivity contribution in [3.05, 3.63) is 60.8 Å². The number of benzene rings is 1. The summed E-state index contributed by atoms with van der Waals surface area (Å²) in [5.41, 5.74) is 6.55. The Morgan fingerprint density at radius 2 is 2.12 bits per heavy atom. The standard InChI is InChI=1S/C21H25ClN2/c1-6-21(4)16(22)10-14-18(19(21)23-5)12-11-24-15-9-7-8-13(17(12)15)20(14,2)3/h6-9,11,16,19,24H,1,5,10,23H2,2-4H3. The lowest BCUT2D eigenvalue weighted by atomic mass is 9.58. The van der Waals surface area contributed by atoms with E-state index in [9.17, 15) is 0 Å². The molecule has 0 amide bonds. The number of nitrogens with two attached hydrogens (primary N) is 1. The van der Waals surface area contributed by atoms with Crippen molar-refractivity contribution >= 4 is 28.1 Å². The molecule has 126 valence electrons. The van der Waals surface area contributed by atoms with E-state index in [1.54, 1.807) is 0 Å². The molecule has 4 rings (SSSR count). The second-order valence-corrected chi connectivity index (χ2v) is 8.43. The highest BCUT2D eigenvalue weighted by molar-refractivity contribution is 6.22. The van der Waals surface area contributed by atoms with Crippen LogP contribution in [0.1, 0.15) is 38.3 Å². The molecule has 0 radical (unpaired) electrons. The van der Waals surface area contributed by atoms with E-state index >= 15 is 0 Å². The molecule has 24 heavy (non-hydrogen) atoms. The number of H-pyrrole nitrogens is 1. The third-order valence-corrected chi connectivity index (χ3v) is 7.09. The average Bonchev–Trinajstić information content (AvgIpc) is 2.99. The fourth-order valence-corrected chi connectivity index (χ4v) is 5.21. The van der Waals surface area contributed by atoms with Crippen molar-refractivity contribution in [2.45, 2.75) is 44.0 Å². The number of aromatic amines is 1.